The van der Waals surface area contributed by atoms with Crippen molar-refractivity contribution < 1.29 is 4.42 Å². The van der Waals surface area contributed by atoms with Crippen molar-refractivity contribution in [3.63, 3.8) is 0 Å². The molecule has 0 saturated carbocycles. The van der Waals surface area contributed by atoms with Gasteiger partial charge in [0.1, 0.15) is 28.9 Å². The zero-order valence-electron chi connectivity index (χ0n) is 31.6. The highest BCUT2D eigenvalue weighted by Gasteiger charge is 2.29. The van der Waals surface area contributed by atoms with Crippen LogP contribution < -0.4 is 0 Å². The number of furan rings is 1. The number of nitrogens with zero attached hydrogens (tertiary/aromatic N) is 6. The van der Waals surface area contributed by atoms with Crippen LogP contribution >= 0.6 is 0 Å². The van der Waals surface area contributed by atoms with Gasteiger partial charge in [-0.15, -0.1) is 0 Å². The van der Waals surface area contributed by atoms with E-state index in [0.29, 0.717) is 11.4 Å². The van der Waals surface area contributed by atoms with Crippen LogP contribution in [0.2, 0.25) is 0 Å². The first-order chi connectivity index (χ1) is 26.5. The van der Waals surface area contributed by atoms with E-state index in [1.54, 1.807) is 0 Å². The molecular formula is C48H38N6O. The lowest BCUT2D eigenvalue weighted by molar-refractivity contribution is 0.497. The van der Waals surface area contributed by atoms with Crippen LogP contribution in [0.3, 0.4) is 0 Å². The third-order valence-corrected chi connectivity index (χ3v) is 10.7. The molecule has 6 aromatic carbocycles. The summed E-state index contributed by atoms with van der Waals surface area (Å²) >= 11 is 0. The van der Waals surface area contributed by atoms with Crippen LogP contribution in [-0.4, -0.2) is 24.1 Å². The predicted molar refractivity (Wildman–Crippen MR) is 223 cm³/mol. The van der Waals surface area contributed by atoms with Crippen molar-refractivity contribution >= 4 is 65.6 Å². The van der Waals surface area contributed by atoms with Crippen LogP contribution in [0.5, 0.6) is 0 Å². The van der Waals surface area contributed by atoms with E-state index in [4.69, 9.17) is 19.4 Å². The molecule has 0 bridgehead atoms. The number of aromatic nitrogens is 5. The van der Waals surface area contributed by atoms with E-state index in [1.165, 1.54) is 0 Å². The molecule has 7 heteroatoms. The Bertz CT molecular complexity index is 3200. The maximum atomic E-state index is 11.0. The molecule has 0 aliphatic carbocycles. The molecule has 0 atom stereocenters. The van der Waals surface area contributed by atoms with Crippen LogP contribution in [-0.2, 0) is 10.8 Å². The van der Waals surface area contributed by atoms with Gasteiger partial charge in [0.2, 0.25) is 0 Å². The minimum atomic E-state index is -0.287. The standard InChI is InChI=1S/C48H38N6O/c1-47(2,3)45-50-44(51-46(52-45)48(4,5)6)28-24-25-34(29(26-28)27-49)54-36-22-14-11-19-32(36)39-42(54)38-31-18-10-13-21-35(31)53(30-16-8-7-9-17-30)41(38)40-33-20-12-15-23-37(33)55-43(39)40/h7-26H,1-6H3. The minimum Gasteiger partial charge on any atom is -0.455 e. The molecule has 4 heterocycles. The predicted octanol–water partition coefficient (Wildman–Crippen LogP) is 12.1. The van der Waals surface area contributed by atoms with Crippen molar-refractivity contribution in [2.75, 3.05) is 0 Å². The van der Waals surface area contributed by atoms with Crippen LogP contribution in [0.4, 0.5) is 0 Å². The van der Waals surface area contributed by atoms with Gasteiger partial charge in [-0.25, -0.2) is 15.0 Å². The number of hydrogen-bond donors (Lipinski definition) is 0. The number of nitriles is 1. The Morgan fingerprint density at radius 2 is 1.11 bits per heavy atom. The fraction of sp³-hybridized carbons (Fsp3) is 0.167. The van der Waals surface area contributed by atoms with Crippen molar-refractivity contribution in [1.82, 2.24) is 24.1 Å². The molecule has 0 radical (unpaired) electrons. The molecule has 55 heavy (non-hydrogen) atoms. The van der Waals surface area contributed by atoms with Gasteiger partial charge in [-0.3, -0.25) is 0 Å². The normalized spacial score (nSPS) is 12.5. The van der Waals surface area contributed by atoms with Crippen molar-refractivity contribution in [2.45, 2.75) is 52.4 Å². The quantitative estimate of drug-likeness (QED) is 0.182. The maximum Gasteiger partial charge on any atom is 0.163 e. The maximum absolute atomic E-state index is 11.0. The Morgan fingerprint density at radius 1 is 0.564 bits per heavy atom. The third kappa shape index (κ3) is 4.84. The van der Waals surface area contributed by atoms with Crippen LogP contribution in [0.15, 0.2) is 126 Å². The first kappa shape index (κ1) is 32.8. The molecular weight excluding hydrogens is 677 g/mol. The summed E-state index contributed by atoms with van der Waals surface area (Å²) in [6, 6.07) is 44.4. The van der Waals surface area contributed by atoms with Gasteiger partial charge in [0.25, 0.3) is 0 Å². The second-order valence-corrected chi connectivity index (χ2v) is 16.4. The monoisotopic (exact) mass is 714 g/mol. The van der Waals surface area contributed by atoms with E-state index in [1.807, 2.05) is 36.4 Å². The molecule has 10 rings (SSSR count). The highest BCUT2D eigenvalue weighted by molar-refractivity contribution is 6.39. The molecule has 7 nitrogen and oxygen atoms in total. The number of hydrogen-bond acceptors (Lipinski definition) is 5. The molecule has 0 fully saturated rings. The van der Waals surface area contributed by atoms with E-state index < -0.39 is 0 Å². The second-order valence-electron chi connectivity index (χ2n) is 16.4. The van der Waals surface area contributed by atoms with Gasteiger partial charge in [0.05, 0.1) is 44.1 Å². The van der Waals surface area contributed by atoms with E-state index in [0.717, 1.165) is 94.1 Å². The molecule has 266 valence electrons. The van der Waals surface area contributed by atoms with Crippen molar-refractivity contribution in [1.29, 1.82) is 5.26 Å². The van der Waals surface area contributed by atoms with E-state index in [9.17, 15) is 5.26 Å². The lowest BCUT2D eigenvalue weighted by Gasteiger charge is -2.23. The average Bonchev–Trinajstić information content (AvgIpc) is 3.85. The molecule has 0 amide bonds. The molecule has 0 N–H and O–H groups in total. The van der Waals surface area contributed by atoms with E-state index in [2.05, 4.69) is 142 Å². The summed E-state index contributed by atoms with van der Waals surface area (Å²) in [5.74, 6) is 2.01. The summed E-state index contributed by atoms with van der Waals surface area (Å²) in [4.78, 5) is 14.8. The van der Waals surface area contributed by atoms with Crippen LogP contribution in [0.1, 0.15) is 58.8 Å². The summed E-state index contributed by atoms with van der Waals surface area (Å²) in [5, 5.41) is 17.4. The van der Waals surface area contributed by atoms with Crippen LogP contribution in [0.25, 0.3) is 88.3 Å². The van der Waals surface area contributed by atoms with Gasteiger partial charge in [-0.1, -0.05) is 114 Å². The Morgan fingerprint density at radius 3 is 1.76 bits per heavy atom. The molecule has 0 aliphatic heterocycles. The van der Waals surface area contributed by atoms with Crippen molar-refractivity contribution in [2.24, 2.45) is 0 Å². The van der Waals surface area contributed by atoms with Gasteiger partial charge in [0.15, 0.2) is 5.82 Å². The zero-order chi connectivity index (χ0) is 37.8. The molecule has 10 aromatic rings. The van der Waals surface area contributed by atoms with Gasteiger partial charge < -0.3 is 13.6 Å². The Labute approximate surface area is 318 Å². The van der Waals surface area contributed by atoms with Crippen LogP contribution in [0, 0.1) is 11.3 Å². The summed E-state index contributed by atoms with van der Waals surface area (Å²) in [6.07, 6.45) is 0. The molecule has 0 unspecified atom stereocenters. The van der Waals surface area contributed by atoms with Crippen molar-refractivity contribution in [3.8, 4) is 28.8 Å². The molecule has 0 aliphatic rings. The van der Waals surface area contributed by atoms with Gasteiger partial charge in [-0.05, 0) is 48.5 Å². The number of benzene rings is 6. The fourth-order valence-corrected chi connectivity index (χ4v) is 8.11. The number of fused-ring (bicyclic) bond motifs is 12. The SMILES string of the molecule is CC(C)(C)c1nc(-c2ccc(-n3c4ccccc4c4c5oc6ccccc6c5c5c(c6ccccc6n5-c5ccccc5)c43)c(C#N)c2)nc(C(C)(C)C)n1. The zero-order valence-corrected chi connectivity index (χ0v) is 31.6. The lowest BCUT2D eigenvalue weighted by Crippen LogP contribution is -2.24. The molecule has 4 aromatic heterocycles. The lowest BCUT2D eigenvalue weighted by atomic mass is 9.93. The van der Waals surface area contributed by atoms with E-state index >= 15 is 0 Å². The second kappa shape index (κ2) is 11.6. The van der Waals surface area contributed by atoms with Gasteiger partial charge >= 0.3 is 0 Å². The summed E-state index contributed by atoms with van der Waals surface area (Å²) < 4.78 is 11.5. The summed E-state index contributed by atoms with van der Waals surface area (Å²) in [7, 11) is 0. The highest BCUT2D eigenvalue weighted by atomic mass is 16.3. The minimum absolute atomic E-state index is 0.287. The number of para-hydroxylation sites is 4. The van der Waals surface area contributed by atoms with E-state index in [-0.39, 0.29) is 10.8 Å². The Hall–Kier alpha value is -6.78. The Kier molecular flexibility index (Phi) is 6.93. The first-order valence-electron chi connectivity index (χ1n) is 18.7. The van der Waals surface area contributed by atoms with Crippen molar-refractivity contribution in [3.05, 3.63) is 139 Å². The van der Waals surface area contributed by atoms with Gasteiger partial charge in [0, 0.05) is 43.6 Å². The largest absolute Gasteiger partial charge is 0.455 e. The molecule has 0 saturated heterocycles. The Balaban J connectivity index is 1.37. The molecule has 0 spiro atoms. The first-order valence-corrected chi connectivity index (χ1v) is 18.7. The number of rotatable bonds is 3. The third-order valence-electron chi connectivity index (χ3n) is 10.7. The summed E-state index contributed by atoms with van der Waals surface area (Å²) in [5.41, 5.74) is 8.32. The fourth-order valence-electron chi connectivity index (χ4n) is 8.11. The highest BCUT2D eigenvalue weighted by Crippen LogP contribution is 2.49. The van der Waals surface area contributed by atoms with Gasteiger partial charge in [-0.2, -0.15) is 5.26 Å². The summed E-state index contributed by atoms with van der Waals surface area (Å²) in [6.45, 7) is 12.7. The topological polar surface area (TPSA) is 85.5 Å². The average molecular weight is 715 g/mol. The smallest absolute Gasteiger partial charge is 0.163 e.